The van der Waals surface area contributed by atoms with E-state index in [9.17, 15) is 25.0 Å². The monoisotopic (exact) mass is 442 g/mol. The molecule has 1 atom stereocenters. The fraction of sp³-hybridized carbons (Fsp3) is 0.300. The molecule has 2 aromatic carbocycles. The third-order valence-electron chi connectivity index (χ3n) is 5.17. The Morgan fingerprint density at radius 1 is 1.26 bits per heavy atom. The van der Waals surface area contributed by atoms with Gasteiger partial charge in [0.15, 0.2) is 5.13 Å². The number of carbonyl (C=O) groups is 1. The molecule has 0 radical (unpaired) electrons. The Morgan fingerprint density at radius 3 is 2.68 bits per heavy atom. The van der Waals surface area contributed by atoms with Crippen LogP contribution < -0.4 is 4.90 Å². The lowest BCUT2D eigenvalue weighted by molar-refractivity contribution is -0.394. The largest absolute Gasteiger partial charge is 0.376 e. The number of ether oxygens (including phenoxy) is 1. The van der Waals surface area contributed by atoms with E-state index in [0.717, 1.165) is 35.2 Å². The molecule has 0 aliphatic carbocycles. The van der Waals surface area contributed by atoms with Crippen molar-refractivity contribution in [3.05, 3.63) is 67.8 Å². The van der Waals surface area contributed by atoms with Gasteiger partial charge in [0.1, 0.15) is 0 Å². The number of non-ortho nitro benzene ring substituents is 1. The topological polar surface area (TPSA) is 129 Å². The number of rotatable bonds is 6. The standard InChI is InChI=1S/C20H18N4O6S/c1-12-15(9-13(23(26)27)10-17(12)24(28)29)19(25)22(11-14-5-4-8-30-14)20-21-16-6-2-3-7-18(16)31-20/h2-3,6-7,9-10,14H,4-5,8,11H2,1H3. The molecule has 1 aromatic heterocycles. The average molecular weight is 442 g/mol. The molecule has 1 saturated heterocycles. The highest BCUT2D eigenvalue weighted by atomic mass is 32.1. The van der Waals surface area contributed by atoms with Gasteiger partial charge >= 0.3 is 0 Å². The first-order chi connectivity index (χ1) is 14.8. The van der Waals surface area contributed by atoms with Crippen molar-refractivity contribution in [2.45, 2.75) is 25.9 Å². The van der Waals surface area contributed by atoms with E-state index in [4.69, 9.17) is 4.74 Å². The van der Waals surface area contributed by atoms with Gasteiger partial charge in [0, 0.05) is 18.2 Å². The number of aromatic nitrogens is 1. The van der Waals surface area contributed by atoms with Crippen LogP contribution in [0.5, 0.6) is 0 Å². The summed E-state index contributed by atoms with van der Waals surface area (Å²) in [5.74, 6) is -0.584. The van der Waals surface area contributed by atoms with Crippen molar-refractivity contribution in [1.29, 1.82) is 0 Å². The number of carbonyl (C=O) groups excluding carboxylic acids is 1. The zero-order valence-electron chi connectivity index (χ0n) is 16.5. The van der Waals surface area contributed by atoms with Crippen molar-refractivity contribution in [3.63, 3.8) is 0 Å². The lowest BCUT2D eigenvalue weighted by atomic mass is 10.0. The summed E-state index contributed by atoms with van der Waals surface area (Å²) in [5.41, 5.74) is -0.299. The van der Waals surface area contributed by atoms with Crippen molar-refractivity contribution in [3.8, 4) is 0 Å². The second kappa shape index (κ2) is 8.36. The van der Waals surface area contributed by atoms with E-state index >= 15 is 0 Å². The zero-order chi connectivity index (χ0) is 22.1. The number of thiazole rings is 1. The molecule has 2 heterocycles. The lowest BCUT2D eigenvalue weighted by Gasteiger charge is -2.23. The molecule has 11 heteroatoms. The van der Waals surface area contributed by atoms with Gasteiger partial charge in [-0.3, -0.25) is 29.9 Å². The first-order valence-corrected chi connectivity index (χ1v) is 10.4. The van der Waals surface area contributed by atoms with Crippen LogP contribution in [0.25, 0.3) is 10.2 Å². The van der Waals surface area contributed by atoms with Crippen LogP contribution >= 0.6 is 11.3 Å². The Labute approximate surface area is 180 Å². The maximum Gasteiger partial charge on any atom is 0.279 e. The lowest BCUT2D eigenvalue weighted by Crippen LogP contribution is -2.38. The van der Waals surface area contributed by atoms with Crippen LogP contribution in [0.4, 0.5) is 16.5 Å². The van der Waals surface area contributed by atoms with Gasteiger partial charge in [-0.1, -0.05) is 23.5 Å². The summed E-state index contributed by atoms with van der Waals surface area (Å²) in [6.07, 6.45) is 1.43. The highest BCUT2D eigenvalue weighted by Gasteiger charge is 2.31. The van der Waals surface area contributed by atoms with Crippen molar-refractivity contribution in [2.75, 3.05) is 18.1 Å². The molecule has 31 heavy (non-hydrogen) atoms. The van der Waals surface area contributed by atoms with E-state index in [1.54, 1.807) is 0 Å². The summed E-state index contributed by atoms with van der Waals surface area (Å²) < 4.78 is 6.56. The molecular formula is C20H18N4O6S. The molecule has 0 bridgehead atoms. The second-order valence-corrected chi connectivity index (χ2v) is 8.18. The number of benzene rings is 2. The number of fused-ring (bicyclic) bond motifs is 1. The normalized spacial score (nSPS) is 15.8. The summed E-state index contributed by atoms with van der Waals surface area (Å²) in [4.78, 5) is 40.8. The minimum absolute atomic E-state index is 0.0686. The summed E-state index contributed by atoms with van der Waals surface area (Å²) in [7, 11) is 0. The predicted molar refractivity (Wildman–Crippen MR) is 115 cm³/mol. The van der Waals surface area contributed by atoms with Crippen LogP contribution in [-0.2, 0) is 4.74 Å². The van der Waals surface area contributed by atoms with Gasteiger partial charge in [0.25, 0.3) is 17.3 Å². The highest BCUT2D eigenvalue weighted by Crippen LogP contribution is 2.33. The molecular weight excluding hydrogens is 424 g/mol. The van der Waals surface area contributed by atoms with Crippen molar-refractivity contribution < 1.29 is 19.4 Å². The van der Waals surface area contributed by atoms with E-state index in [1.165, 1.54) is 23.2 Å². The smallest absolute Gasteiger partial charge is 0.279 e. The fourth-order valence-corrected chi connectivity index (χ4v) is 4.54. The molecule has 10 nitrogen and oxygen atoms in total. The molecule has 1 aliphatic heterocycles. The number of para-hydroxylation sites is 1. The summed E-state index contributed by atoms with van der Waals surface area (Å²) >= 11 is 1.31. The van der Waals surface area contributed by atoms with Crippen molar-refractivity contribution >= 4 is 44.0 Å². The summed E-state index contributed by atoms with van der Waals surface area (Å²) in [6.45, 7) is 2.21. The minimum atomic E-state index is -0.745. The van der Waals surface area contributed by atoms with Crippen LogP contribution in [0, 0.1) is 27.2 Å². The van der Waals surface area contributed by atoms with Crippen LogP contribution in [0.1, 0.15) is 28.8 Å². The highest BCUT2D eigenvalue weighted by molar-refractivity contribution is 7.22. The Kier molecular flexibility index (Phi) is 5.61. The third-order valence-corrected chi connectivity index (χ3v) is 6.23. The average Bonchev–Trinajstić information content (AvgIpc) is 3.40. The number of nitro groups is 2. The second-order valence-electron chi connectivity index (χ2n) is 7.17. The quantitative estimate of drug-likeness (QED) is 0.412. The van der Waals surface area contributed by atoms with Crippen LogP contribution in [-0.4, -0.2) is 40.0 Å². The molecule has 0 saturated carbocycles. The fourth-order valence-electron chi connectivity index (χ4n) is 3.56. The van der Waals surface area contributed by atoms with E-state index < -0.39 is 27.1 Å². The van der Waals surface area contributed by atoms with E-state index in [2.05, 4.69) is 4.98 Å². The zero-order valence-corrected chi connectivity index (χ0v) is 17.3. The molecule has 160 valence electrons. The first-order valence-electron chi connectivity index (χ1n) is 9.57. The van der Waals surface area contributed by atoms with Crippen LogP contribution in [0.15, 0.2) is 36.4 Å². The van der Waals surface area contributed by atoms with Crippen LogP contribution in [0.2, 0.25) is 0 Å². The van der Waals surface area contributed by atoms with Gasteiger partial charge in [0.05, 0.1) is 44.3 Å². The number of hydrogen-bond donors (Lipinski definition) is 0. The molecule has 1 unspecified atom stereocenters. The number of hydrogen-bond acceptors (Lipinski definition) is 8. The van der Waals surface area contributed by atoms with Crippen LogP contribution in [0.3, 0.4) is 0 Å². The van der Waals surface area contributed by atoms with Gasteiger partial charge in [-0.25, -0.2) is 4.98 Å². The van der Waals surface area contributed by atoms with Gasteiger partial charge < -0.3 is 4.74 Å². The molecule has 0 spiro atoms. The molecule has 1 aliphatic rings. The van der Waals surface area contributed by atoms with Gasteiger partial charge in [-0.2, -0.15) is 0 Å². The number of anilines is 1. The van der Waals surface area contributed by atoms with Gasteiger partial charge in [-0.05, 0) is 31.9 Å². The Morgan fingerprint density at radius 2 is 2.03 bits per heavy atom. The molecule has 0 N–H and O–H groups in total. The number of nitrogens with zero attached hydrogens (tertiary/aromatic N) is 4. The van der Waals surface area contributed by atoms with Gasteiger partial charge in [-0.15, -0.1) is 0 Å². The van der Waals surface area contributed by atoms with E-state index in [-0.39, 0.29) is 23.8 Å². The summed E-state index contributed by atoms with van der Waals surface area (Å²) in [6, 6.07) is 9.37. The molecule has 3 aromatic rings. The van der Waals surface area contributed by atoms with E-state index in [0.29, 0.717) is 11.7 Å². The Balaban J connectivity index is 1.82. The molecule has 4 rings (SSSR count). The predicted octanol–water partition coefficient (Wildman–Crippen LogP) is 4.25. The molecule has 1 fully saturated rings. The third kappa shape index (κ3) is 4.09. The maximum absolute atomic E-state index is 13.6. The SMILES string of the molecule is Cc1c(C(=O)N(CC2CCCO2)c2nc3ccccc3s2)cc([N+](=O)[O-])cc1[N+](=O)[O-]. The van der Waals surface area contributed by atoms with Crippen molar-refractivity contribution in [2.24, 2.45) is 0 Å². The van der Waals surface area contributed by atoms with Gasteiger partial charge in [0.2, 0.25) is 0 Å². The Hall–Kier alpha value is -3.44. The Bertz CT molecular complexity index is 1150. The first kappa shape index (κ1) is 20.8. The number of nitro benzene ring substituents is 2. The number of amides is 1. The van der Waals surface area contributed by atoms with Crippen molar-refractivity contribution in [1.82, 2.24) is 4.98 Å². The maximum atomic E-state index is 13.6. The van der Waals surface area contributed by atoms with E-state index in [1.807, 2.05) is 24.3 Å². The minimum Gasteiger partial charge on any atom is -0.376 e. The summed E-state index contributed by atoms with van der Waals surface area (Å²) in [5, 5.41) is 23.2. The molecule has 1 amide bonds.